The van der Waals surface area contributed by atoms with Gasteiger partial charge in [-0.05, 0) is 61.0 Å². The fourth-order valence-electron chi connectivity index (χ4n) is 4.03. The maximum absolute atomic E-state index is 13.0. The van der Waals surface area contributed by atoms with Gasteiger partial charge in [0.1, 0.15) is 0 Å². The Bertz CT molecular complexity index is 952. The maximum Gasteiger partial charge on any atom is 0.337 e. The molecule has 0 aliphatic carbocycles. The lowest BCUT2D eigenvalue weighted by atomic mass is 10.0. The van der Waals surface area contributed by atoms with Crippen LogP contribution in [0.25, 0.3) is 0 Å². The summed E-state index contributed by atoms with van der Waals surface area (Å²) in [5, 5.41) is 0. The monoisotopic (exact) mass is 490 g/mol. The number of amides is 1. The average molecular weight is 491 g/mol. The molecule has 1 unspecified atom stereocenters. The third-order valence-electron chi connectivity index (χ3n) is 5.96. The van der Waals surface area contributed by atoms with Crippen LogP contribution in [0.3, 0.4) is 0 Å². The molecule has 1 fully saturated rings. The first-order valence-electron chi connectivity index (χ1n) is 11.6. The highest BCUT2D eigenvalue weighted by molar-refractivity contribution is 7.97. The van der Waals surface area contributed by atoms with E-state index in [-0.39, 0.29) is 29.4 Å². The van der Waals surface area contributed by atoms with Crippen molar-refractivity contribution in [2.45, 2.75) is 50.5 Å². The SMILES string of the molecule is COC(=O)c1ccc(CCN(Sc2ccc(C(F)F)cc2)C2CCCN(C(=O)C(C)C)C2)cc1. The van der Waals surface area contributed by atoms with Crippen molar-refractivity contribution in [1.82, 2.24) is 9.21 Å². The second-order valence-electron chi connectivity index (χ2n) is 8.78. The van der Waals surface area contributed by atoms with Crippen LogP contribution in [0, 0.1) is 5.92 Å². The number of carbonyl (C=O) groups is 2. The van der Waals surface area contributed by atoms with Gasteiger partial charge in [-0.15, -0.1) is 0 Å². The predicted molar refractivity (Wildman–Crippen MR) is 130 cm³/mol. The van der Waals surface area contributed by atoms with E-state index in [1.54, 1.807) is 36.2 Å². The van der Waals surface area contributed by atoms with Gasteiger partial charge in [-0.1, -0.05) is 38.1 Å². The lowest BCUT2D eigenvalue weighted by Gasteiger charge is -2.39. The number of alkyl halides is 2. The van der Waals surface area contributed by atoms with Crippen molar-refractivity contribution in [1.29, 1.82) is 0 Å². The molecule has 184 valence electrons. The third kappa shape index (κ3) is 7.03. The summed E-state index contributed by atoms with van der Waals surface area (Å²) in [6.45, 7) is 5.97. The van der Waals surface area contributed by atoms with Gasteiger partial charge in [-0.3, -0.25) is 4.79 Å². The minimum absolute atomic E-state index is 0.00738. The van der Waals surface area contributed by atoms with Crippen LogP contribution in [0.15, 0.2) is 53.4 Å². The van der Waals surface area contributed by atoms with Crippen molar-refractivity contribution in [3.63, 3.8) is 0 Å². The van der Waals surface area contributed by atoms with Crippen LogP contribution in [-0.4, -0.2) is 53.9 Å². The van der Waals surface area contributed by atoms with Crippen molar-refractivity contribution in [2.75, 3.05) is 26.7 Å². The molecule has 34 heavy (non-hydrogen) atoms. The lowest BCUT2D eigenvalue weighted by molar-refractivity contribution is -0.136. The van der Waals surface area contributed by atoms with Gasteiger partial charge in [0.15, 0.2) is 0 Å². The minimum atomic E-state index is -2.49. The summed E-state index contributed by atoms with van der Waals surface area (Å²) in [4.78, 5) is 27.1. The Morgan fingerprint density at radius 1 is 1.12 bits per heavy atom. The van der Waals surface area contributed by atoms with Gasteiger partial charge >= 0.3 is 5.97 Å². The van der Waals surface area contributed by atoms with Crippen molar-refractivity contribution in [3.05, 3.63) is 65.2 Å². The van der Waals surface area contributed by atoms with Crippen molar-refractivity contribution < 1.29 is 23.1 Å². The number of rotatable bonds is 9. The molecule has 1 atom stereocenters. The number of benzene rings is 2. The molecular weight excluding hydrogens is 458 g/mol. The summed E-state index contributed by atoms with van der Waals surface area (Å²) in [5.74, 6) is -0.252. The molecule has 1 heterocycles. The summed E-state index contributed by atoms with van der Waals surface area (Å²) in [6, 6.07) is 13.9. The predicted octanol–water partition coefficient (Wildman–Crippen LogP) is 5.61. The molecule has 1 aliphatic rings. The van der Waals surface area contributed by atoms with E-state index in [2.05, 4.69) is 4.31 Å². The van der Waals surface area contributed by atoms with E-state index in [1.165, 1.54) is 19.2 Å². The molecule has 0 aromatic heterocycles. The molecule has 0 N–H and O–H groups in total. The zero-order chi connectivity index (χ0) is 24.7. The number of hydrogen-bond acceptors (Lipinski definition) is 5. The van der Waals surface area contributed by atoms with E-state index in [0.717, 1.165) is 36.3 Å². The van der Waals surface area contributed by atoms with Gasteiger partial charge in [-0.2, -0.15) is 0 Å². The topological polar surface area (TPSA) is 49.9 Å². The van der Waals surface area contributed by atoms with Crippen LogP contribution in [0.1, 0.15) is 54.6 Å². The van der Waals surface area contributed by atoms with Crippen molar-refractivity contribution in [2.24, 2.45) is 5.92 Å². The highest BCUT2D eigenvalue weighted by atomic mass is 32.2. The first kappa shape index (κ1) is 26.2. The molecule has 0 radical (unpaired) electrons. The summed E-state index contributed by atoms with van der Waals surface area (Å²) in [5.41, 5.74) is 1.59. The second kappa shape index (κ2) is 12.3. The van der Waals surface area contributed by atoms with E-state index >= 15 is 0 Å². The highest BCUT2D eigenvalue weighted by Gasteiger charge is 2.29. The van der Waals surface area contributed by atoms with Gasteiger partial charge in [0.25, 0.3) is 6.43 Å². The fraction of sp³-hybridized carbons (Fsp3) is 0.462. The minimum Gasteiger partial charge on any atom is -0.465 e. The van der Waals surface area contributed by atoms with E-state index in [0.29, 0.717) is 18.7 Å². The number of piperidine rings is 1. The Morgan fingerprint density at radius 2 is 1.79 bits per heavy atom. The van der Waals surface area contributed by atoms with E-state index in [9.17, 15) is 18.4 Å². The highest BCUT2D eigenvalue weighted by Crippen LogP contribution is 2.31. The molecule has 3 rings (SSSR count). The molecule has 0 spiro atoms. The molecule has 1 saturated heterocycles. The van der Waals surface area contributed by atoms with Crippen LogP contribution < -0.4 is 0 Å². The lowest BCUT2D eigenvalue weighted by Crippen LogP contribution is -2.49. The van der Waals surface area contributed by atoms with E-state index in [4.69, 9.17) is 4.74 Å². The number of carbonyl (C=O) groups excluding carboxylic acids is 2. The van der Waals surface area contributed by atoms with Gasteiger partial charge in [0.2, 0.25) is 5.91 Å². The third-order valence-corrected chi connectivity index (χ3v) is 7.16. The molecule has 1 aliphatic heterocycles. The summed E-state index contributed by atoms with van der Waals surface area (Å²) in [6.07, 6.45) is 0.152. The molecule has 2 aromatic carbocycles. The number of hydrogen-bond donors (Lipinski definition) is 0. The van der Waals surface area contributed by atoms with Crippen molar-refractivity contribution >= 4 is 23.8 Å². The summed E-state index contributed by atoms with van der Waals surface area (Å²) in [7, 11) is 1.36. The number of halogens is 2. The molecule has 2 aromatic rings. The fourth-order valence-corrected chi connectivity index (χ4v) is 5.06. The standard InChI is InChI=1S/C26H32F2N2O3S/c1-18(2)25(31)29-15-4-5-22(17-29)30(34-23-12-10-20(11-13-23)24(27)28)16-14-19-6-8-21(9-7-19)26(32)33-3/h6-13,18,22,24H,4-5,14-17H2,1-3H3. The first-order valence-corrected chi connectivity index (χ1v) is 12.3. The van der Waals surface area contributed by atoms with Gasteiger partial charge < -0.3 is 9.64 Å². The summed E-state index contributed by atoms with van der Waals surface area (Å²) >= 11 is 1.55. The number of esters is 1. The Kier molecular flexibility index (Phi) is 9.47. The largest absolute Gasteiger partial charge is 0.465 e. The number of ether oxygens (including phenoxy) is 1. The van der Waals surface area contributed by atoms with Crippen LogP contribution in [0.4, 0.5) is 8.78 Å². The normalized spacial score (nSPS) is 16.4. The molecule has 0 bridgehead atoms. The van der Waals surface area contributed by atoms with Crippen LogP contribution in [0.5, 0.6) is 0 Å². The zero-order valence-corrected chi connectivity index (χ0v) is 20.7. The van der Waals surface area contributed by atoms with Crippen LogP contribution >= 0.6 is 11.9 Å². The molecule has 5 nitrogen and oxygen atoms in total. The molecule has 8 heteroatoms. The maximum atomic E-state index is 13.0. The second-order valence-corrected chi connectivity index (χ2v) is 9.90. The number of methoxy groups -OCH3 is 1. The molecule has 1 amide bonds. The molecular formula is C26H32F2N2O3S. The van der Waals surface area contributed by atoms with Gasteiger partial charge in [0.05, 0.1) is 12.7 Å². The Labute approximate surface area is 204 Å². The summed E-state index contributed by atoms with van der Waals surface area (Å²) < 4.78 is 33.0. The molecule has 0 saturated carbocycles. The Hall–Kier alpha value is -2.45. The Morgan fingerprint density at radius 3 is 2.38 bits per heavy atom. The van der Waals surface area contributed by atoms with Gasteiger partial charge in [-0.25, -0.2) is 17.9 Å². The quantitative estimate of drug-likeness (QED) is 0.338. The zero-order valence-electron chi connectivity index (χ0n) is 19.9. The number of likely N-dealkylation sites (tertiary alicyclic amines) is 1. The average Bonchev–Trinajstić information content (AvgIpc) is 2.86. The Balaban J connectivity index is 1.74. The first-order chi connectivity index (χ1) is 16.3. The smallest absolute Gasteiger partial charge is 0.337 e. The number of nitrogens with zero attached hydrogens (tertiary/aromatic N) is 2. The van der Waals surface area contributed by atoms with Crippen molar-refractivity contribution in [3.8, 4) is 0 Å². The van der Waals surface area contributed by atoms with Crippen LogP contribution in [0.2, 0.25) is 0 Å². The van der Waals surface area contributed by atoms with Gasteiger partial charge in [0, 0.05) is 42.1 Å². The van der Waals surface area contributed by atoms with Crippen LogP contribution in [-0.2, 0) is 16.0 Å². The van der Waals surface area contributed by atoms with E-state index < -0.39 is 6.43 Å². The van der Waals surface area contributed by atoms with E-state index in [1.807, 2.05) is 30.9 Å².